The maximum atomic E-state index is 15.4. The third kappa shape index (κ3) is 3.09. The normalized spacial score (nSPS) is 21.2. The van der Waals surface area contributed by atoms with Crippen molar-refractivity contribution in [2.24, 2.45) is 7.05 Å². The molecular weight excluding hydrogens is 451 g/mol. The molecule has 168 valence electrons. The van der Waals surface area contributed by atoms with E-state index in [2.05, 4.69) is 15.4 Å². The van der Waals surface area contributed by atoms with E-state index < -0.39 is 41.7 Å². The van der Waals surface area contributed by atoms with Crippen LogP contribution in [0.4, 0.5) is 15.8 Å². The Morgan fingerprint density at radius 1 is 1.24 bits per heavy atom. The zero-order valence-corrected chi connectivity index (χ0v) is 17.9. The number of nitrogens with zero attached hydrogens (tertiary/aromatic N) is 5. The molecular formula is C22H18ClFN6O3. The number of carbonyl (C=O) groups is 3. The summed E-state index contributed by atoms with van der Waals surface area (Å²) in [6.45, 7) is -3.18. The number of anilines is 2. The van der Waals surface area contributed by atoms with Crippen LogP contribution in [0.15, 0.2) is 43.0 Å². The van der Waals surface area contributed by atoms with Crippen LogP contribution >= 0.6 is 11.6 Å². The van der Waals surface area contributed by atoms with Gasteiger partial charge in [-0.3, -0.25) is 28.9 Å². The number of aryl methyl sites for hydroxylation is 1. The van der Waals surface area contributed by atoms with E-state index in [1.54, 1.807) is 13.2 Å². The van der Waals surface area contributed by atoms with Gasteiger partial charge in [-0.05, 0) is 23.8 Å². The number of rotatable bonds is 3. The average Bonchev–Trinajstić information content (AvgIpc) is 3.36. The quantitative estimate of drug-likeness (QED) is 0.633. The largest absolute Gasteiger partial charge is 0.321 e. The Morgan fingerprint density at radius 2 is 2.06 bits per heavy atom. The van der Waals surface area contributed by atoms with Crippen LogP contribution in [0.25, 0.3) is 11.1 Å². The fraction of sp³-hybridized carbons (Fsp3) is 0.227. The Bertz CT molecular complexity index is 1440. The number of carbonyl (C=O) groups excluding carboxylic acids is 3. The topological polar surface area (TPSA) is 100 Å². The Kier molecular flexibility index (Phi) is 3.96. The third-order valence-corrected chi connectivity index (χ3v) is 5.98. The molecule has 0 bridgehead atoms. The lowest BCUT2D eigenvalue weighted by Crippen LogP contribution is -2.68. The maximum absolute atomic E-state index is 15.4. The minimum atomic E-state index is -3.18. The van der Waals surface area contributed by atoms with E-state index in [1.807, 2.05) is 0 Å². The lowest BCUT2D eigenvalue weighted by molar-refractivity contribution is -0.128. The second-order valence-corrected chi connectivity index (χ2v) is 8.22. The molecule has 1 N–H and O–H groups in total. The van der Waals surface area contributed by atoms with E-state index in [-0.39, 0.29) is 29.2 Å². The van der Waals surface area contributed by atoms with Crippen LogP contribution in [0.5, 0.6) is 0 Å². The van der Waals surface area contributed by atoms with E-state index in [1.165, 1.54) is 35.4 Å². The zero-order valence-electron chi connectivity index (χ0n) is 20.2. The number of hydrogen-bond donors (Lipinski definition) is 1. The monoisotopic (exact) mass is 471 g/mol. The molecule has 1 saturated heterocycles. The third-order valence-electron chi connectivity index (χ3n) is 5.77. The lowest BCUT2D eigenvalue weighted by Gasteiger charge is -2.47. The van der Waals surface area contributed by atoms with Gasteiger partial charge in [0.05, 0.1) is 34.4 Å². The Balaban J connectivity index is 1.73. The molecule has 0 aliphatic carbocycles. The number of hydrogen-bond acceptors (Lipinski definition) is 5. The first-order valence-electron chi connectivity index (χ1n) is 11.4. The van der Waals surface area contributed by atoms with Gasteiger partial charge in [0.25, 0.3) is 11.8 Å². The molecule has 1 atom stereocenters. The van der Waals surface area contributed by atoms with Crippen molar-refractivity contribution >= 4 is 40.7 Å². The molecule has 4 heterocycles. The molecule has 0 saturated carbocycles. The van der Waals surface area contributed by atoms with Gasteiger partial charge in [-0.1, -0.05) is 11.6 Å². The average molecular weight is 472 g/mol. The van der Waals surface area contributed by atoms with Gasteiger partial charge in [-0.25, -0.2) is 4.39 Å². The molecule has 0 spiro atoms. The molecule has 2 aliphatic rings. The molecule has 2 aliphatic heterocycles. The number of pyridine rings is 1. The zero-order chi connectivity index (χ0) is 26.0. The number of benzene rings is 1. The highest BCUT2D eigenvalue weighted by Gasteiger charge is 2.60. The van der Waals surface area contributed by atoms with E-state index in [4.69, 9.17) is 15.7 Å². The molecule has 1 fully saturated rings. The summed E-state index contributed by atoms with van der Waals surface area (Å²) in [6, 6.07) is 3.83. The molecule has 9 nitrogen and oxygen atoms in total. The van der Waals surface area contributed by atoms with Crippen molar-refractivity contribution in [3.05, 3.63) is 59.4 Å². The summed E-state index contributed by atoms with van der Waals surface area (Å²) in [4.78, 5) is 45.6. The van der Waals surface area contributed by atoms with Crippen LogP contribution in [-0.4, -0.2) is 50.0 Å². The van der Waals surface area contributed by atoms with Crippen molar-refractivity contribution in [3.63, 3.8) is 0 Å². The standard InChI is InChI=1S/C22H18ClFN6O3/c1-28-11-13(8-26-28)12-5-16(24)19-17(6-12)30-18(31)3-4-22(30,29(2)20(19)32)21(33)27-15-7-14(23)9-25-10-15/h5-11H,3-4H2,1-2H3,(H,27,33)/i2D3. The number of fused-ring (bicyclic) bond motifs is 3. The first kappa shape index (κ1) is 17.7. The van der Waals surface area contributed by atoms with Crippen LogP contribution in [0, 0.1) is 5.82 Å². The van der Waals surface area contributed by atoms with Gasteiger partial charge < -0.3 is 10.2 Å². The summed E-state index contributed by atoms with van der Waals surface area (Å²) in [5.41, 5.74) is -2.17. The van der Waals surface area contributed by atoms with Gasteiger partial charge in [0.2, 0.25) is 11.6 Å². The van der Waals surface area contributed by atoms with Gasteiger partial charge in [-0.15, -0.1) is 0 Å². The van der Waals surface area contributed by atoms with Crippen molar-refractivity contribution < 1.29 is 22.9 Å². The number of nitrogens with one attached hydrogen (secondary N) is 1. The fourth-order valence-electron chi connectivity index (χ4n) is 4.28. The summed E-state index contributed by atoms with van der Waals surface area (Å²) in [6.07, 6.45) is 5.11. The highest BCUT2D eigenvalue weighted by Crippen LogP contribution is 2.46. The molecule has 0 radical (unpaired) electrons. The molecule has 1 unspecified atom stereocenters. The van der Waals surface area contributed by atoms with Crippen LogP contribution in [0.2, 0.25) is 5.02 Å². The number of aromatic nitrogens is 3. The van der Waals surface area contributed by atoms with Crippen LogP contribution < -0.4 is 10.2 Å². The first-order valence-corrected chi connectivity index (χ1v) is 10.2. The summed E-state index contributed by atoms with van der Waals surface area (Å²) >= 11 is 5.95. The molecule has 11 heteroatoms. The second-order valence-electron chi connectivity index (χ2n) is 7.79. The molecule has 3 amide bonds. The molecule has 3 aromatic rings. The van der Waals surface area contributed by atoms with Crippen molar-refractivity contribution in [2.75, 3.05) is 17.2 Å². The Labute approximate surface area is 197 Å². The van der Waals surface area contributed by atoms with E-state index in [9.17, 15) is 14.4 Å². The fourth-order valence-corrected chi connectivity index (χ4v) is 4.46. The SMILES string of the molecule is [2H]C([2H])([2H])N1C(=O)c2c(F)cc(-c3cnn(C)c3)cc2N2C(=O)CCC21C(=O)Nc1cncc(Cl)c1. The summed E-state index contributed by atoms with van der Waals surface area (Å²) in [5.74, 6) is -3.87. The Hall–Kier alpha value is -3.79. The predicted octanol–water partition coefficient (Wildman–Crippen LogP) is 2.82. The van der Waals surface area contributed by atoms with E-state index in [0.29, 0.717) is 16.0 Å². The first-order chi connectivity index (χ1) is 16.9. The maximum Gasteiger partial charge on any atom is 0.271 e. The smallest absolute Gasteiger partial charge is 0.271 e. The van der Waals surface area contributed by atoms with Crippen LogP contribution in [0.1, 0.15) is 27.3 Å². The van der Waals surface area contributed by atoms with Gasteiger partial charge in [-0.2, -0.15) is 5.10 Å². The highest BCUT2D eigenvalue weighted by molar-refractivity contribution is 6.30. The van der Waals surface area contributed by atoms with Crippen molar-refractivity contribution in [3.8, 4) is 11.1 Å². The van der Waals surface area contributed by atoms with Crippen molar-refractivity contribution in [1.82, 2.24) is 19.7 Å². The highest BCUT2D eigenvalue weighted by atomic mass is 35.5. The molecule has 2 aromatic heterocycles. The molecule has 5 rings (SSSR count). The summed E-state index contributed by atoms with van der Waals surface area (Å²) < 4.78 is 41.1. The van der Waals surface area contributed by atoms with Crippen molar-refractivity contribution in [1.29, 1.82) is 0 Å². The lowest BCUT2D eigenvalue weighted by atomic mass is 9.94. The predicted molar refractivity (Wildman–Crippen MR) is 118 cm³/mol. The second kappa shape index (κ2) is 7.38. The minimum absolute atomic E-state index is 0.125. The van der Waals surface area contributed by atoms with Crippen molar-refractivity contribution in [2.45, 2.75) is 18.5 Å². The number of halogens is 2. The van der Waals surface area contributed by atoms with Gasteiger partial charge in [0, 0.05) is 48.9 Å². The minimum Gasteiger partial charge on any atom is -0.321 e. The molecule has 1 aromatic carbocycles. The van der Waals surface area contributed by atoms with Gasteiger partial charge in [0.1, 0.15) is 5.82 Å². The van der Waals surface area contributed by atoms with Gasteiger partial charge in [0.15, 0.2) is 0 Å². The summed E-state index contributed by atoms with van der Waals surface area (Å²) in [5, 5.41) is 6.78. The van der Waals surface area contributed by atoms with E-state index in [0.717, 1.165) is 11.0 Å². The number of amides is 3. The van der Waals surface area contributed by atoms with E-state index >= 15 is 4.39 Å². The Morgan fingerprint density at radius 3 is 2.76 bits per heavy atom. The van der Waals surface area contributed by atoms with Gasteiger partial charge >= 0.3 is 0 Å². The summed E-state index contributed by atoms with van der Waals surface area (Å²) in [7, 11) is 1.67. The van der Waals surface area contributed by atoms with Crippen LogP contribution in [-0.2, 0) is 16.6 Å². The number of likely N-dealkylation sites (N-methyl/N-ethyl adjacent to an activating group) is 1. The molecule has 33 heavy (non-hydrogen) atoms. The van der Waals surface area contributed by atoms with Crippen LogP contribution in [0.3, 0.4) is 0 Å².